The lowest BCUT2D eigenvalue weighted by Crippen LogP contribution is -2.25. The van der Waals surface area contributed by atoms with Crippen LogP contribution in [0.5, 0.6) is 0 Å². The molecule has 1 N–H and O–H groups in total. The van der Waals surface area contributed by atoms with E-state index in [1.54, 1.807) is 30.3 Å². The first-order valence-electron chi connectivity index (χ1n) is 6.76. The van der Waals surface area contributed by atoms with Crippen LogP contribution < -0.4 is 5.32 Å². The van der Waals surface area contributed by atoms with E-state index in [-0.39, 0.29) is 11.2 Å². The third-order valence-corrected chi connectivity index (χ3v) is 4.95. The highest BCUT2D eigenvalue weighted by atomic mass is 35.5. The highest BCUT2D eigenvalue weighted by Gasteiger charge is 2.30. The van der Waals surface area contributed by atoms with Crippen molar-refractivity contribution in [1.82, 2.24) is 5.32 Å². The highest BCUT2D eigenvalue weighted by molar-refractivity contribution is 8.15. The van der Waals surface area contributed by atoms with E-state index in [1.165, 1.54) is 11.8 Å². The van der Waals surface area contributed by atoms with Gasteiger partial charge in [0.25, 0.3) is 0 Å². The Kier molecular flexibility index (Phi) is 5.17. The molecule has 118 valence electrons. The molecule has 2 aromatic carbocycles. The number of hydrogen-bond donors (Lipinski definition) is 1. The van der Waals surface area contributed by atoms with E-state index in [9.17, 15) is 4.79 Å². The predicted octanol–water partition coefficient (Wildman–Crippen LogP) is 5.11. The summed E-state index contributed by atoms with van der Waals surface area (Å²) in [5, 5.41) is 4.88. The second kappa shape index (κ2) is 7.14. The molecule has 3 rings (SSSR count). The standard InChI is InChI=1S/C16H11Cl3N2OS/c17-10-1-3-13(4-2-10)20-16-21-15(22)14(23-16)7-9-5-11(18)8-12(19)6-9/h1-6,8,14H,7H2,(H,20,21,22). The van der Waals surface area contributed by atoms with Crippen LogP contribution in [0.1, 0.15) is 5.56 Å². The van der Waals surface area contributed by atoms with Gasteiger partial charge in [0.1, 0.15) is 0 Å². The normalized spacial score (nSPS) is 19.2. The minimum atomic E-state index is -0.254. The molecular weight excluding hydrogens is 375 g/mol. The van der Waals surface area contributed by atoms with E-state index >= 15 is 0 Å². The first kappa shape index (κ1) is 16.7. The Bertz CT molecular complexity index is 757. The molecular formula is C16H11Cl3N2OS. The molecule has 1 fully saturated rings. The number of rotatable bonds is 3. The summed E-state index contributed by atoms with van der Waals surface area (Å²) in [7, 11) is 0. The van der Waals surface area contributed by atoms with E-state index in [1.807, 2.05) is 12.1 Å². The van der Waals surface area contributed by atoms with Gasteiger partial charge in [0, 0.05) is 15.1 Å². The first-order chi connectivity index (χ1) is 11.0. The van der Waals surface area contributed by atoms with E-state index in [0.29, 0.717) is 26.7 Å². The molecule has 1 amide bonds. The lowest BCUT2D eigenvalue weighted by molar-refractivity contribution is -0.118. The molecule has 0 radical (unpaired) electrons. The van der Waals surface area contributed by atoms with Crippen LogP contribution in [0.4, 0.5) is 5.69 Å². The van der Waals surface area contributed by atoms with Crippen molar-refractivity contribution >= 4 is 63.3 Å². The van der Waals surface area contributed by atoms with Crippen LogP contribution in [0.3, 0.4) is 0 Å². The zero-order valence-electron chi connectivity index (χ0n) is 11.7. The average molecular weight is 386 g/mol. The molecule has 0 aliphatic carbocycles. The lowest BCUT2D eigenvalue weighted by Gasteiger charge is -2.06. The van der Waals surface area contributed by atoms with Gasteiger partial charge in [-0.3, -0.25) is 4.79 Å². The van der Waals surface area contributed by atoms with Crippen LogP contribution in [0, 0.1) is 0 Å². The maximum absolute atomic E-state index is 12.1. The van der Waals surface area contributed by atoms with Crippen molar-refractivity contribution in [1.29, 1.82) is 0 Å². The fourth-order valence-electron chi connectivity index (χ4n) is 2.17. The van der Waals surface area contributed by atoms with Crippen LogP contribution in [0.25, 0.3) is 0 Å². The number of nitrogens with one attached hydrogen (secondary N) is 1. The SMILES string of the molecule is O=C1NC(=Nc2ccc(Cl)cc2)SC1Cc1cc(Cl)cc(Cl)c1. The van der Waals surface area contributed by atoms with Gasteiger partial charge in [0.2, 0.25) is 5.91 Å². The van der Waals surface area contributed by atoms with E-state index < -0.39 is 0 Å². The number of nitrogens with zero attached hydrogens (tertiary/aromatic N) is 1. The summed E-state index contributed by atoms with van der Waals surface area (Å²) in [5.41, 5.74) is 1.66. The van der Waals surface area contributed by atoms with Gasteiger partial charge in [-0.05, 0) is 54.4 Å². The number of hydrogen-bond acceptors (Lipinski definition) is 3. The van der Waals surface area contributed by atoms with E-state index in [0.717, 1.165) is 11.3 Å². The molecule has 23 heavy (non-hydrogen) atoms. The molecule has 0 aromatic heterocycles. The third-order valence-electron chi connectivity index (χ3n) is 3.18. The quantitative estimate of drug-likeness (QED) is 0.798. The number of thioether (sulfide) groups is 1. The molecule has 1 saturated heterocycles. The van der Waals surface area contributed by atoms with Crippen molar-refractivity contribution < 1.29 is 4.79 Å². The summed E-state index contributed by atoms with van der Waals surface area (Å²) in [6, 6.07) is 12.4. The second-order valence-corrected chi connectivity index (χ2v) is 7.47. The zero-order valence-corrected chi connectivity index (χ0v) is 14.8. The zero-order chi connectivity index (χ0) is 16.4. The second-order valence-electron chi connectivity index (χ2n) is 4.97. The van der Waals surface area contributed by atoms with Gasteiger partial charge in [-0.15, -0.1) is 0 Å². The van der Waals surface area contributed by atoms with E-state index in [4.69, 9.17) is 34.8 Å². The summed E-state index contributed by atoms with van der Waals surface area (Å²) >= 11 is 19.2. The molecule has 0 saturated carbocycles. The van der Waals surface area contributed by atoms with Gasteiger partial charge in [-0.25, -0.2) is 4.99 Å². The number of carbonyl (C=O) groups is 1. The van der Waals surface area contributed by atoms with Crippen molar-refractivity contribution in [3.05, 3.63) is 63.1 Å². The van der Waals surface area contributed by atoms with Crippen molar-refractivity contribution in [3.8, 4) is 0 Å². The van der Waals surface area contributed by atoms with Gasteiger partial charge >= 0.3 is 0 Å². The number of aliphatic imine (C=N–C) groups is 1. The summed E-state index contributed by atoms with van der Waals surface area (Å²) in [6.07, 6.45) is 0.538. The molecule has 1 unspecified atom stereocenters. The topological polar surface area (TPSA) is 41.5 Å². The molecule has 3 nitrogen and oxygen atoms in total. The Hall–Kier alpha value is -1.20. The fraction of sp³-hybridized carbons (Fsp3) is 0.125. The number of amides is 1. The van der Waals surface area contributed by atoms with Crippen LogP contribution in [-0.2, 0) is 11.2 Å². The Balaban J connectivity index is 1.73. The molecule has 1 heterocycles. The fourth-order valence-corrected chi connectivity index (χ4v) is 3.89. The smallest absolute Gasteiger partial charge is 0.239 e. The summed E-state index contributed by atoms with van der Waals surface area (Å²) in [5.74, 6) is -0.0705. The molecule has 0 spiro atoms. The summed E-state index contributed by atoms with van der Waals surface area (Å²) < 4.78 is 0. The van der Waals surface area contributed by atoms with Crippen LogP contribution in [0.15, 0.2) is 47.5 Å². The average Bonchev–Trinajstić information content (AvgIpc) is 2.80. The number of benzene rings is 2. The number of amidine groups is 1. The van der Waals surface area contributed by atoms with Crippen molar-refractivity contribution in [2.75, 3.05) is 0 Å². The van der Waals surface area contributed by atoms with Crippen molar-refractivity contribution in [2.45, 2.75) is 11.7 Å². The van der Waals surface area contributed by atoms with Gasteiger partial charge in [0.15, 0.2) is 5.17 Å². The Morgan fingerprint density at radius 3 is 2.30 bits per heavy atom. The Labute approximate surface area is 153 Å². The summed E-state index contributed by atoms with van der Waals surface area (Å²) in [6.45, 7) is 0. The van der Waals surface area contributed by atoms with Gasteiger partial charge in [-0.1, -0.05) is 46.6 Å². The largest absolute Gasteiger partial charge is 0.304 e. The Morgan fingerprint density at radius 2 is 1.65 bits per heavy atom. The van der Waals surface area contributed by atoms with Gasteiger partial charge < -0.3 is 5.32 Å². The summed E-state index contributed by atoms with van der Waals surface area (Å²) in [4.78, 5) is 16.5. The molecule has 1 aliphatic heterocycles. The van der Waals surface area contributed by atoms with Crippen LogP contribution in [-0.4, -0.2) is 16.3 Å². The Morgan fingerprint density at radius 1 is 1.00 bits per heavy atom. The molecule has 1 atom stereocenters. The lowest BCUT2D eigenvalue weighted by atomic mass is 10.1. The monoisotopic (exact) mass is 384 g/mol. The molecule has 0 bridgehead atoms. The third kappa shape index (κ3) is 4.42. The molecule has 2 aromatic rings. The van der Waals surface area contributed by atoms with Crippen LogP contribution in [0.2, 0.25) is 15.1 Å². The van der Waals surface area contributed by atoms with Crippen LogP contribution >= 0.6 is 46.6 Å². The van der Waals surface area contributed by atoms with Gasteiger partial charge in [0.05, 0.1) is 10.9 Å². The molecule has 1 aliphatic rings. The van der Waals surface area contributed by atoms with Crippen molar-refractivity contribution in [3.63, 3.8) is 0 Å². The van der Waals surface area contributed by atoms with Crippen molar-refractivity contribution in [2.24, 2.45) is 4.99 Å². The maximum Gasteiger partial charge on any atom is 0.239 e. The maximum atomic E-state index is 12.1. The first-order valence-corrected chi connectivity index (χ1v) is 8.78. The van der Waals surface area contributed by atoms with Gasteiger partial charge in [-0.2, -0.15) is 0 Å². The molecule has 7 heteroatoms. The number of carbonyl (C=O) groups excluding carboxylic acids is 1. The highest BCUT2D eigenvalue weighted by Crippen LogP contribution is 2.28. The minimum Gasteiger partial charge on any atom is -0.304 e. The predicted molar refractivity (Wildman–Crippen MR) is 98.2 cm³/mol. The van der Waals surface area contributed by atoms with E-state index in [2.05, 4.69) is 10.3 Å². The number of halogens is 3. The minimum absolute atomic E-state index is 0.0705.